The van der Waals surface area contributed by atoms with Crippen molar-refractivity contribution in [1.29, 1.82) is 0 Å². The summed E-state index contributed by atoms with van der Waals surface area (Å²) in [5.74, 6) is -5.41. The van der Waals surface area contributed by atoms with E-state index < -0.39 is 29.0 Å². The van der Waals surface area contributed by atoms with Crippen LogP contribution in [0.3, 0.4) is 0 Å². The monoisotopic (exact) mass is 361 g/mol. The second-order valence-corrected chi connectivity index (χ2v) is 5.91. The van der Waals surface area contributed by atoms with Crippen molar-refractivity contribution in [2.45, 2.75) is 19.9 Å². The third kappa shape index (κ3) is 2.94. The molecule has 0 aliphatic heterocycles. The van der Waals surface area contributed by atoms with E-state index in [2.05, 4.69) is 10.4 Å². The molecule has 0 bridgehead atoms. The van der Waals surface area contributed by atoms with Gasteiger partial charge in [-0.15, -0.1) is 0 Å². The zero-order chi connectivity index (χ0) is 19.0. The van der Waals surface area contributed by atoms with Crippen LogP contribution < -0.4 is 10.9 Å². The number of carbonyl (C=O) groups excluding carboxylic acids is 1. The maximum absolute atomic E-state index is 13.8. The molecule has 8 heteroatoms. The average molecular weight is 361 g/mol. The number of halogens is 3. The highest BCUT2D eigenvalue weighted by Gasteiger charge is 2.20. The Morgan fingerprint density at radius 1 is 1.04 bits per heavy atom. The first-order valence-corrected chi connectivity index (χ1v) is 7.77. The standard InChI is InChI=1S/C18H14F3N3O2/c1-9(2)24-18(26)11-6-4-3-5-10(11)16(23-24)17(25)22-13-8-7-12(19)14(20)15(13)21/h3-9H,1-2H3,(H,22,25). The Labute approximate surface area is 146 Å². The Hall–Kier alpha value is -3.16. The lowest BCUT2D eigenvalue weighted by Gasteiger charge is -2.13. The summed E-state index contributed by atoms with van der Waals surface area (Å²) in [6.07, 6.45) is 0. The maximum atomic E-state index is 13.8. The van der Waals surface area contributed by atoms with Crippen LogP contribution in [0, 0.1) is 17.5 Å². The van der Waals surface area contributed by atoms with E-state index in [0.717, 1.165) is 10.7 Å². The van der Waals surface area contributed by atoms with Crippen molar-refractivity contribution in [2.24, 2.45) is 0 Å². The van der Waals surface area contributed by atoms with Crippen LogP contribution in [0.15, 0.2) is 41.2 Å². The SMILES string of the molecule is CC(C)n1nc(C(=O)Nc2ccc(F)c(F)c2F)c2ccccc2c1=O. The summed E-state index contributed by atoms with van der Waals surface area (Å²) in [5, 5.41) is 6.78. The van der Waals surface area contributed by atoms with E-state index >= 15 is 0 Å². The molecule has 0 atom stereocenters. The van der Waals surface area contributed by atoms with Gasteiger partial charge in [-0.2, -0.15) is 5.10 Å². The molecular formula is C18H14F3N3O2. The van der Waals surface area contributed by atoms with Crippen LogP contribution in [0.25, 0.3) is 10.8 Å². The van der Waals surface area contributed by atoms with Crippen molar-refractivity contribution in [3.8, 4) is 0 Å². The number of carbonyl (C=O) groups is 1. The summed E-state index contributed by atoms with van der Waals surface area (Å²) in [6.45, 7) is 3.44. The van der Waals surface area contributed by atoms with Gasteiger partial charge in [0.1, 0.15) is 0 Å². The fourth-order valence-corrected chi connectivity index (χ4v) is 2.53. The number of benzene rings is 2. The first-order chi connectivity index (χ1) is 12.3. The molecule has 3 rings (SSSR count). The minimum Gasteiger partial charge on any atom is -0.318 e. The van der Waals surface area contributed by atoms with Crippen LogP contribution in [0.5, 0.6) is 0 Å². The number of nitrogens with zero attached hydrogens (tertiary/aromatic N) is 2. The summed E-state index contributed by atoms with van der Waals surface area (Å²) in [5.41, 5.74) is -1.02. The van der Waals surface area contributed by atoms with E-state index in [0.29, 0.717) is 6.07 Å². The number of aromatic nitrogens is 2. The van der Waals surface area contributed by atoms with Crippen LogP contribution in [0.4, 0.5) is 18.9 Å². The minimum atomic E-state index is -1.69. The van der Waals surface area contributed by atoms with Crippen LogP contribution >= 0.6 is 0 Å². The first kappa shape index (κ1) is 17.7. The van der Waals surface area contributed by atoms with E-state index in [4.69, 9.17) is 0 Å². The van der Waals surface area contributed by atoms with Gasteiger partial charge in [0.2, 0.25) is 0 Å². The number of hydrogen-bond acceptors (Lipinski definition) is 3. The number of amides is 1. The van der Waals surface area contributed by atoms with Gasteiger partial charge in [-0.05, 0) is 32.0 Å². The third-order valence-electron chi connectivity index (χ3n) is 3.82. The Morgan fingerprint density at radius 2 is 1.69 bits per heavy atom. The molecule has 0 aliphatic rings. The van der Waals surface area contributed by atoms with Crippen molar-refractivity contribution in [3.63, 3.8) is 0 Å². The molecule has 0 saturated carbocycles. The van der Waals surface area contributed by atoms with Gasteiger partial charge in [-0.3, -0.25) is 9.59 Å². The van der Waals surface area contributed by atoms with E-state index in [9.17, 15) is 22.8 Å². The highest BCUT2D eigenvalue weighted by atomic mass is 19.2. The van der Waals surface area contributed by atoms with E-state index in [1.807, 2.05) is 0 Å². The summed E-state index contributed by atoms with van der Waals surface area (Å²) in [7, 11) is 0. The van der Waals surface area contributed by atoms with Crippen molar-refractivity contribution < 1.29 is 18.0 Å². The van der Waals surface area contributed by atoms with E-state index in [1.54, 1.807) is 32.0 Å². The molecule has 1 N–H and O–H groups in total. The summed E-state index contributed by atoms with van der Waals surface area (Å²) in [4.78, 5) is 25.0. The van der Waals surface area contributed by atoms with Crippen LogP contribution in [0.2, 0.25) is 0 Å². The zero-order valence-electron chi connectivity index (χ0n) is 13.9. The lowest BCUT2D eigenvalue weighted by Crippen LogP contribution is -2.29. The molecule has 0 unspecified atom stereocenters. The fraction of sp³-hybridized carbons (Fsp3) is 0.167. The van der Waals surface area contributed by atoms with Crippen LogP contribution in [-0.2, 0) is 0 Å². The lowest BCUT2D eigenvalue weighted by atomic mass is 10.1. The molecule has 5 nitrogen and oxygen atoms in total. The number of nitrogens with one attached hydrogen (secondary N) is 1. The van der Waals surface area contributed by atoms with Crippen molar-refractivity contribution in [3.05, 3.63) is 69.9 Å². The highest BCUT2D eigenvalue weighted by molar-refractivity contribution is 6.11. The van der Waals surface area contributed by atoms with Crippen molar-refractivity contribution >= 4 is 22.4 Å². The normalized spacial score (nSPS) is 11.2. The molecule has 3 aromatic rings. The van der Waals surface area contributed by atoms with Gasteiger partial charge in [0.15, 0.2) is 23.1 Å². The van der Waals surface area contributed by atoms with Crippen LogP contribution in [0.1, 0.15) is 30.4 Å². The molecule has 134 valence electrons. The molecule has 0 radical (unpaired) electrons. The Morgan fingerprint density at radius 3 is 2.35 bits per heavy atom. The fourth-order valence-electron chi connectivity index (χ4n) is 2.53. The van der Waals surface area contributed by atoms with Gasteiger partial charge in [0.05, 0.1) is 17.1 Å². The second kappa shape index (κ2) is 6.62. The minimum absolute atomic E-state index is 0.127. The highest BCUT2D eigenvalue weighted by Crippen LogP contribution is 2.21. The molecule has 1 amide bonds. The molecule has 0 aliphatic carbocycles. The van der Waals surface area contributed by atoms with E-state index in [-0.39, 0.29) is 28.1 Å². The second-order valence-electron chi connectivity index (χ2n) is 5.91. The Balaban J connectivity index is 2.13. The zero-order valence-corrected chi connectivity index (χ0v) is 13.9. The summed E-state index contributed by atoms with van der Waals surface area (Å²) < 4.78 is 41.4. The topological polar surface area (TPSA) is 64.0 Å². The molecule has 26 heavy (non-hydrogen) atoms. The maximum Gasteiger partial charge on any atom is 0.276 e. The smallest absolute Gasteiger partial charge is 0.276 e. The number of rotatable bonds is 3. The summed E-state index contributed by atoms with van der Waals surface area (Å²) in [6, 6.07) is 7.64. The molecule has 1 heterocycles. The molecule has 2 aromatic carbocycles. The van der Waals surface area contributed by atoms with Gasteiger partial charge in [-0.25, -0.2) is 17.9 Å². The number of hydrogen-bond donors (Lipinski definition) is 1. The van der Waals surface area contributed by atoms with Gasteiger partial charge < -0.3 is 5.32 Å². The predicted molar refractivity (Wildman–Crippen MR) is 90.7 cm³/mol. The van der Waals surface area contributed by atoms with Gasteiger partial charge in [0.25, 0.3) is 11.5 Å². The molecule has 0 fully saturated rings. The van der Waals surface area contributed by atoms with Gasteiger partial charge in [0, 0.05) is 5.39 Å². The van der Waals surface area contributed by atoms with Crippen molar-refractivity contribution in [1.82, 2.24) is 9.78 Å². The average Bonchev–Trinajstić information content (AvgIpc) is 2.62. The summed E-state index contributed by atoms with van der Waals surface area (Å²) >= 11 is 0. The first-order valence-electron chi connectivity index (χ1n) is 7.77. The largest absolute Gasteiger partial charge is 0.318 e. The Bertz CT molecular complexity index is 1080. The molecule has 0 saturated heterocycles. The van der Waals surface area contributed by atoms with Crippen molar-refractivity contribution in [2.75, 3.05) is 5.32 Å². The molecule has 0 spiro atoms. The molecular weight excluding hydrogens is 347 g/mol. The number of fused-ring (bicyclic) bond motifs is 1. The molecule has 1 aromatic heterocycles. The van der Waals surface area contributed by atoms with Gasteiger partial charge >= 0.3 is 0 Å². The predicted octanol–water partition coefficient (Wildman–Crippen LogP) is 3.65. The number of anilines is 1. The van der Waals surface area contributed by atoms with E-state index in [1.165, 1.54) is 6.07 Å². The van der Waals surface area contributed by atoms with Crippen LogP contribution in [-0.4, -0.2) is 15.7 Å². The quantitative estimate of drug-likeness (QED) is 0.725. The Kier molecular flexibility index (Phi) is 4.50. The lowest BCUT2D eigenvalue weighted by molar-refractivity contribution is 0.102. The van der Waals surface area contributed by atoms with Gasteiger partial charge in [-0.1, -0.05) is 18.2 Å². The third-order valence-corrected chi connectivity index (χ3v) is 3.82.